The second kappa shape index (κ2) is 8.95. The molecule has 3 heterocycles. The van der Waals surface area contributed by atoms with E-state index in [2.05, 4.69) is 75.9 Å². The molecule has 2 amide bonds. The largest absolute Gasteiger partial charge is 0.354 e. The van der Waals surface area contributed by atoms with Gasteiger partial charge in [0.15, 0.2) is 0 Å². The highest BCUT2D eigenvalue weighted by Gasteiger charge is 2.49. The molecule has 3 fully saturated rings. The summed E-state index contributed by atoms with van der Waals surface area (Å²) in [5.74, 6) is 1.01. The van der Waals surface area contributed by atoms with Crippen molar-refractivity contribution in [3.8, 4) is 0 Å². The van der Waals surface area contributed by atoms with E-state index in [1.165, 1.54) is 5.56 Å². The molecule has 1 aliphatic carbocycles. The third kappa shape index (κ3) is 4.32. The zero-order valence-electron chi connectivity index (χ0n) is 19.9. The Morgan fingerprint density at radius 3 is 2.45 bits per heavy atom. The molecule has 2 aromatic rings. The lowest BCUT2D eigenvalue weighted by atomic mass is 9.69. The first-order valence-corrected chi connectivity index (χ1v) is 12.2. The third-order valence-electron chi connectivity index (χ3n) is 7.98. The van der Waals surface area contributed by atoms with Gasteiger partial charge in [-0.15, -0.1) is 0 Å². The number of carbonyl (C=O) groups is 1. The molecule has 7 nitrogen and oxygen atoms in total. The van der Waals surface area contributed by atoms with Gasteiger partial charge in [-0.05, 0) is 63.0 Å². The number of amides is 2. The van der Waals surface area contributed by atoms with Crippen molar-refractivity contribution in [2.45, 2.75) is 43.3 Å². The summed E-state index contributed by atoms with van der Waals surface area (Å²) < 4.78 is 0. The molecule has 33 heavy (non-hydrogen) atoms. The van der Waals surface area contributed by atoms with Gasteiger partial charge in [-0.2, -0.15) is 0 Å². The minimum Gasteiger partial charge on any atom is -0.354 e. The average Bonchev–Trinajstić information content (AvgIpc) is 3.15. The highest BCUT2D eigenvalue weighted by molar-refractivity contribution is 5.78. The van der Waals surface area contributed by atoms with Gasteiger partial charge >= 0.3 is 6.03 Å². The summed E-state index contributed by atoms with van der Waals surface area (Å²) in [6, 6.07) is 15.1. The Hall–Kier alpha value is -2.64. The molecule has 0 radical (unpaired) electrons. The van der Waals surface area contributed by atoms with Crippen molar-refractivity contribution in [1.82, 2.24) is 25.4 Å². The third-order valence-corrected chi connectivity index (χ3v) is 7.98. The summed E-state index contributed by atoms with van der Waals surface area (Å²) >= 11 is 0. The van der Waals surface area contributed by atoms with Crippen LogP contribution < -0.4 is 15.5 Å². The van der Waals surface area contributed by atoms with Gasteiger partial charge < -0.3 is 20.4 Å². The Labute approximate surface area is 197 Å². The van der Waals surface area contributed by atoms with Gasteiger partial charge in [0.1, 0.15) is 5.82 Å². The van der Waals surface area contributed by atoms with Crippen LogP contribution in [-0.4, -0.2) is 73.2 Å². The van der Waals surface area contributed by atoms with Gasteiger partial charge in [-0.1, -0.05) is 30.3 Å². The van der Waals surface area contributed by atoms with Crippen LogP contribution in [0.3, 0.4) is 0 Å². The van der Waals surface area contributed by atoms with Gasteiger partial charge in [0.2, 0.25) is 0 Å². The van der Waals surface area contributed by atoms with Crippen molar-refractivity contribution >= 4 is 11.8 Å². The van der Waals surface area contributed by atoms with E-state index in [-0.39, 0.29) is 17.1 Å². The number of nitrogens with one attached hydrogen (secondary N) is 2. The molecule has 5 rings (SSSR count). The fourth-order valence-electron chi connectivity index (χ4n) is 5.92. The maximum absolute atomic E-state index is 13.0. The number of urea groups is 1. The number of benzene rings is 1. The van der Waals surface area contributed by atoms with Gasteiger partial charge in [0, 0.05) is 51.0 Å². The second-order valence-corrected chi connectivity index (χ2v) is 10.1. The summed E-state index contributed by atoms with van der Waals surface area (Å²) in [5.41, 5.74) is 2.44. The van der Waals surface area contributed by atoms with Crippen LogP contribution in [0.2, 0.25) is 0 Å². The summed E-state index contributed by atoms with van der Waals surface area (Å²) in [6.07, 6.45) is 5.94. The first-order chi connectivity index (χ1) is 16.0. The molecule has 2 saturated heterocycles. The van der Waals surface area contributed by atoms with Gasteiger partial charge in [-0.3, -0.25) is 4.90 Å². The molecule has 1 spiro atoms. The molecule has 1 aromatic heterocycles. The summed E-state index contributed by atoms with van der Waals surface area (Å²) in [4.78, 5) is 24.2. The molecule has 1 aromatic carbocycles. The Morgan fingerprint density at radius 1 is 1.03 bits per heavy atom. The number of nitrogens with zero attached hydrogens (tertiary/aromatic N) is 4. The summed E-state index contributed by atoms with van der Waals surface area (Å²) in [5, 5.41) is 6.77. The number of hydrogen-bond donors (Lipinski definition) is 2. The molecular formula is C26H36N6O. The number of anilines is 1. The van der Waals surface area contributed by atoms with Gasteiger partial charge in [0.25, 0.3) is 0 Å². The van der Waals surface area contributed by atoms with Crippen molar-refractivity contribution in [2.24, 2.45) is 0 Å². The van der Waals surface area contributed by atoms with Crippen molar-refractivity contribution < 1.29 is 4.79 Å². The van der Waals surface area contributed by atoms with Crippen LogP contribution in [0.1, 0.15) is 36.8 Å². The molecule has 7 heteroatoms. The van der Waals surface area contributed by atoms with E-state index in [0.717, 1.165) is 69.8 Å². The summed E-state index contributed by atoms with van der Waals surface area (Å²) in [7, 11) is 4.37. The van der Waals surface area contributed by atoms with E-state index in [1.807, 2.05) is 17.2 Å². The van der Waals surface area contributed by atoms with Crippen LogP contribution in [0.15, 0.2) is 48.7 Å². The fraction of sp³-hybridized carbons (Fsp3) is 0.538. The van der Waals surface area contributed by atoms with Crippen molar-refractivity contribution in [1.29, 1.82) is 0 Å². The monoisotopic (exact) mass is 448 g/mol. The highest BCUT2D eigenvalue weighted by Crippen LogP contribution is 2.46. The normalized spacial score (nSPS) is 27.9. The van der Waals surface area contributed by atoms with Crippen LogP contribution >= 0.6 is 0 Å². The number of pyridine rings is 1. The Kier molecular flexibility index (Phi) is 6.01. The fourth-order valence-corrected chi connectivity index (χ4v) is 5.92. The topological polar surface area (TPSA) is 63.7 Å². The highest BCUT2D eigenvalue weighted by atomic mass is 16.2. The molecule has 1 saturated carbocycles. The smallest absolute Gasteiger partial charge is 0.318 e. The maximum Gasteiger partial charge on any atom is 0.318 e. The van der Waals surface area contributed by atoms with Crippen LogP contribution in [-0.2, 0) is 12.1 Å². The van der Waals surface area contributed by atoms with Crippen LogP contribution in [0.25, 0.3) is 0 Å². The minimum atomic E-state index is -0.125. The average molecular weight is 449 g/mol. The number of aromatic nitrogens is 1. The molecule has 2 aliphatic heterocycles. The number of carbonyl (C=O) groups excluding carboxylic acids is 1. The zero-order chi connectivity index (χ0) is 22.9. The molecule has 0 unspecified atom stereocenters. The minimum absolute atomic E-state index is 0.0357. The van der Waals surface area contributed by atoms with E-state index in [0.29, 0.717) is 6.54 Å². The van der Waals surface area contributed by atoms with Crippen LogP contribution in [0.4, 0.5) is 10.6 Å². The number of piperazine rings is 1. The van der Waals surface area contributed by atoms with Gasteiger partial charge in [-0.25, -0.2) is 9.78 Å². The second-order valence-electron chi connectivity index (χ2n) is 10.1. The van der Waals surface area contributed by atoms with E-state index in [9.17, 15) is 4.79 Å². The molecule has 0 atom stereocenters. The number of rotatable bonds is 5. The van der Waals surface area contributed by atoms with Gasteiger partial charge in [0.05, 0.1) is 5.54 Å². The predicted molar refractivity (Wildman–Crippen MR) is 131 cm³/mol. The first-order valence-electron chi connectivity index (χ1n) is 12.2. The van der Waals surface area contributed by atoms with Crippen molar-refractivity contribution in [2.75, 3.05) is 51.7 Å². The van der Waals surface area contributed by atoms with Crippen molar-refractivity contribution in [3.05, 3.63) is 59.8 Å². The molecule has 2 N–H and O–H groups in total. The Bertz CT molecular complexity index is 964. The van der Waals surface area contributed by atoms with E-state index >= 15 is 0 Å². The molecule has 176 valence electrons. The molecular weight excluding hydrogens is 412 g/mol. The predicted octanol–water partition coefficient (Wildman–Crippen LogP) is 2.79. The quantitative estimate of drug-likeness (QED) is 0.737. The number of hydrogen-bond acceptors (Lipinski definition) is 5. The standard InChI is InChI=1S/C26H36N6O/c1-30(2)26(22-6-4-3-5-7-22)11-9-25(10-12-26)20-32(24(33)29-25)19-21-8-13-28-23(18-21)31-16-14-27-15-17-31/h3-8,13,18,27H,9-12,14-17,19-20H2,1-2H3,(H,29,33)/t25-,26-. The van der Waals surface area contributed by atoms with E-state index in [1.54, 1.807) is 0 Å². The maximum atomic E-state index is 13.0. The Morgan fingerprint density at radius 2 is 1.76 bits per heavy atom. The molecule has 0 bridgehead atoms. The lowest BCUT2D eigenvalue weighted by Gasteiger charge is -2.48. The van der Waals surface area contributed by atoms with E-state index < -0.39 is 0 Å². The lowest BCUT2D eigenvalue weighted by molar-refractivity contribution is 0.0617. The Balaban J connectivity index is 1.27. The SMILES string of the molecule is CN(C)[C@]1(c2ccccc2)CC[C@@]2(CC1)CN(Cc1ccnc(N3CCNCC3)c1)C(=O)N2. The van der Waals surface area contributed by atoms with E-state index in [4.69, 9.17) is 0 Å². The van der Waals surface area contributed by atoms with Crippen LogP contribution in [0.5, 0.6) is 0 Å². The first kappa shape index (κ1) is 22.2. The molecule has 3 aliphatic rings. The lowest BCUT2D eigenvalue weighted by Crippen LogP contribution is -2.54. The zero-order valence-corrected chi connectivity index (χ0v) is 19.9. The van der Waals surface area contributed by atoms with Crippen LogP contribution in [0, 0.1) is 0 Å². The van der Waals surface area contributed by atoms with Crippen molar-refractivity contribution in [3.63, 3.8) is 0 Å². The summed E-state index contributed by atoms with van der Waals surface area (Å²) in [6.45, 7) is 5.32.